The summed E-state index contributed by atoms with van der Waals surface area (Å²) in [6.45, 7) is 0. The highest BCUT2D eigenvalue weighted by molar-refractivity contribution is 7.99. The summed E-state index contributed by atoms with van der Waals surface area (Å²) < 4.78 is 0. The Bertz CT molecular complexity index is 417. The van der Waals surface area contributed by atoms with Crippen molar-refractivity contribution < 1.29 is 0 Å². The summed E-state index contributed by atoms with van der Waals surface area (Å²) in [6, 6.07) is 10.6. The maximum Gasteiger partial charge on any atom is 0.0794 e. The van der Waals surface area contributed by atoms with Crippen LogP contribution in [0.1, 0.15) is 4.88 Å². The number of benzene rings is 1. The van der Waals surface area contributed by atoms with Crippen LogP contribution in [0.4, 0.5) is 0 Å². The number of rotatable bonds is 6. The van der Waals surface area contributed by atoms with Gasteiger partial charge in [-0.05, 0) is 12.1 Å². The molecule has 1 aromatic heterocycles. The Balaban J connectivity index is 1.84. The van der Waals surface area contributed by atoms with Crippen LogP contribution in [0.3, 0.4) is 0 Å². The molecule has 0 bridgehead atoms. The van der Waals surface area contributed by atoms with Crippen molar-refractivity contribution in [2.24, 2.45) is 5.84 Å². The molecule has 0 saturated carbocycles. The van der Waals surface area contributed by atoms with Crippen LogP contribution >= 0.6 is 23.1 Å². The fourth-order valence-electron chi connectivity index (χ4n) is 1.47. The molecule has 17 heavy (non-hydrogen) atoms. The third-order valence-corrected chi connectivity index (χ3v) is 4.34. The molecule has 0 amide bonds. The molecular weight excluding hydrogens is 250 g/mol. The number of thioether (sulfide) groups is 1. The van der Waals surface area contributed by atoms with Crippen LogP contribution in [-0.2, 0) is 6.42 Å². The maximum absolute atomic E-state index is 5.57. The standard InChI is InChI=1S/C12H15N3S2/c13-15-10(6-12-7-14-9-17-12)8-16-11-4-2-1-3-5-11/h1-5,7,9-10,15H,6,8,13H2. The zero-order chi connectivity index (χ0) is 11.9. The highest BCUT2D eigenvalue weighted by Gasteiger charge is 2.09. The van der Waals surface area contributed by atoms with Gasteiger partial charge in [-0.1, -0.05) is 18.2 Å². The van der Waals surface area contributed by atoms with Crippen LogP contribution in [0.25, 0.3) is 0 Å². The lowest BCUT2D eigenvalue weighted by Crippen LogP contribution is -2.38. The van der Waals surface area contributed by atoms with Crippen molar-refractivity contribution in [1.82, 2.24) is 10.4 Å². The molecule has 0 fully saturated rings. The summed E-state index contributed by atoms with van der Waals surface area (Å²) in [5.41, 5.74) is 4.72. The van der Waals surface area contributed by atoms with E-state index in [0.717, 1.165) is 12.2 Å². The summed E-state index contributed by atoms with van der Waals surface area (Å²) in [4.78, 5) is 6.61. The molecule has 1 aromatic carbocycles. The van der Waals surface area contributed by atoms with E-state index in [1.807, 2.05) is 29.5 Å². The van der Waals surface area contributed by atoms with Crippen molar-refractivity contribution >= 4 is 23.1 Å². The van der Waals surface area contributed by atoms with E-state index in [0.29, 0.717) is 0 Å². The molecular formula is C12H15N3S2. The average Bonchev–Trinajstić information content (AvgIpc) is 2.88. The monoisotopic (exact) mass is 265 g/mol. The van der Waals surface area contributed by atoms with Gasteiger partial charge in [-0.15, -0.1) is 23.1 Å². The predicted molar refractivity (Wildman–Crippen MR) is 74.1 cm³/mol. The number of nitrogens with one attached hydrogen (secondary N) is 1. The molecule has 0 aliphatic carbocycles. The predicted octanol–water partition coefficient (Wildman–Crippen LogP) is 2.31. The third kappa shape index (κ3) is 4.12. The van der Waals surface area contributed by atoms with Crippen molar-refractivity contribution in [2.45, 2.75) is 17.4 Å². The van der Waals surface area contributed by atoms with E-state index < -0.39 is 0 Å². The zero-order valence-corrected chi connectivity index (χ0v) is 11.0. The Labute approximate surface area is 109 Å². The number of hydrazine groups is 1. The lowest BCUT2D eigenvalue weighted by Gasteiger charge is -2.14. The maximum atomic E-state index is 5.57. The van der Waals surface area contributed by atoms with Crippen molar-refractivity contribution in [2.75, 3.05) is 5.75 Å². The molecule has 2 rings (SSSR count). The minimum absolute atomic E-state index is 0.278. The van der Waals surface area contributed by atoms with Crippen molar-refractivity contribution in [3.63, 3.8) is 0 Å². The number of nitrogens with two attached hydrogens (primary N) is 1. The van der Waals surface area contributed by atoms with E-state index in [2.05, 4.69) is 34.7 Å². The second kappa shape index (κ2) is 6.76. The van der Waals surface area contributed by atoms with Gasteiger partial charge in [0, 0.05) is 34.2 Å². The van der Waals surface area contributed by atoms with Gasteiger partial charge < -0.3 is 0 Å². The molecule has 0 aliphatic heterocycles. The highest BCUT2D eigenvalue weighted by Crippen LogP contribution is 2.19. The van der Waals surface area contributed by atoms with Gasteiger partial charge in [0.1, 0.15) is 0 Å². The van der Waals surface area contributed by atoms with Crippen LogP contribution in [-0.4, -0.2) is 16.8 Å². The van der Waals surface area contributed by atoms with Crippen molar-refractivity contribution in [1.29, 1.82) is 0 Å². The summed E-state index contributed by atoms with van der Waals surface area (Å²) in [5.74, 6) is 6.53. The van der Waals surface area contributed by atoms with Crippen LogP contribution in [0, 0.1) is 0 Å². The minimum atomic E-state index is 0.278. The first kappa shape index (κ1) is 12.6. The molecule has 5 heteroatoms. The molecule has 1 heterocycles. The Morgan fingerprint density at radius 1 is 1.35 bits per heavy atom. The summed E-state index contributed by atoms with van der Waals surface area (Å²) in [5, 5.41) is 0. The molecule has 2 aromatic rings. The van der Waals surface area contributed by atoms with Gasteiger partial charge >= 0.3 is 0 Å². The van der Waals surface area contributed by atoms with Gasteiger partial charge in [0.25, 0.3) is 0 Å². The summed E-state index contributed by atoms with van der Waals surface area (Å²) in [7, 11) is 0. The summed E-state index contributed by atoms with van der Waals surface area (Å²) >= 11 is 3.49. The van der Waals surface area contributed by atoms with Gasteiger partial charge in [-0.3, -0.25) is 16.3 Å². The smallest absolute Gasteiger partial charge is 0.0794 e. The minimum Gasteiger partial charge on any atom is -0.271 e. The summed E-state index contributed by atoms with van der Waals surface area (Å²) in [6.07, 6.45) is 2.84. The zero-order valence-electron chi connectivity index (χ0n) is 9.37. The molecule has 0 saturated heterocycles. The second-order valence-corrected chi connectivity index (χ2v) is 5.72. The Morgan fingerprint density at radius 3 is 2.82 bits per heavy atom. The third-order valence-electron chi connectivity index (χ3n) is 2.36. The SMILES string of the molecule is NNC(CSc1ccccc1)Cc1cncs1. The molecule has 0 radical (unpaired) electrons. The number of hydrogen-bond acceptors (Lipinski definition) is 5. The number of aromatic nitrogens is 1. The van der Waals surface area contributed by atoms with Crippen LogP contribution in [0.15, 0.2) is 46.9 Å². The van der Waals surface area contributed by atoms with E-state index in [-0.39, 0.29) is 6.04 Å². The number of hydrogen-bond donors (Lipinski definition) is 2. The molecule has 3 N–H and O–H groups in total. The first-order chi connectivity index (χ1) is 8.38. The molecule has 0 spiro atoms. The molecule has 1 unspecified atom stereocenters. The van der Waals surface area contributed by atoms with E-state index >= 15 is 0 Å². The van der Waals surface area contributed by atoms with Crippen molar-refractivity contribution in [3.8, 4) is 0 Å². The Morgan fingerprint density at radius 2 is 2.18 bits per heavy atom. The topological polar surface area (TPSA) is 50.9 Å². The van der Waals surface area contributed by atoms with Crippen molar-refractivity contribution in [3.05, 3.63) is 46.9 Å². The largest absolute Gasteiger partial charge is 0.271 e. The first-order valence-electron chi connectivity index (χ1n) is 5.40. The lowest BCUT2D eigenvalue weighted by atomic mass is 10.2. The van der Waals surface area contributed by atoms with E-state index in [1.165, 1.54) is 9.77 Å². The number of thiazole rings is 1. The van der Waals surface area contributed by atoms with E-state index in [4.69, 9.17) is 5.84 Å². The Kier molecular flexibility index (Phi) is 5.00. The number of nitrogens with zero attached hydrogens (tertiary/aromatic N) is 1. The lowest BCUT2D eigenvalue weighted by molar-refractivity contribution is 0.579. The highest BCUT2D eigenvalue weighted by atomic mass is 32.2. The van der Waals surface area contributed by atoms with Crippen LogP contribution in [0.5, 0.6) is 0 Å². The quantitative estimate of drug-likeness (QED) is 0.478. The van der Waals surface area contributed by atoms with Gasteiger partial charge in [0.2, 0.25) is 0 Å². The second-order valence-electron chi connectivity index (χ2n) is 3.66. The average molecular weight is 265 g/mol. The van der Waals surface area contributed by atoms with E-state index in [1.54, 1.807) is 11.3 Å². The van der Waals surface area contributed by atoms with E-state index in [9.17, 15) is 0 Å². The molecule has 90 valence electrons. The molecule has 3 nitrogen and oxygen atoms in total. The van der Waals surface area contributed by atoms with Gasteiger partial charge in [0.05, 0.1) is 5.51 Å². The van der Waals surface area contributed by atoms with Gasteiger partial charge in [-0.2, -0.15) is 0 Å². The van der Waals surface area contributed by atoms with Gasteiger partial charge in [0.15, 0.2) is 0 Å². The first-order valence-corrected chi connectivity index (χ1v) is 7.26. The normalized spacial score (nSPS) is 12.5. The van der Waals surface area contributed by atoms with Gasteiger partial charge in [-0.25, -0.2) is 0 Å². The molecule has 0 aliphatic rings. The fraction of sp³-hybridized carbons (Fsp3) is 0.250. The van der Waals surface area contributed by atoms with Crippen LogP contribution < -0.4 is 11.3 Å². The van der Waals surface area contributed by atoms with Crippen LogP contribution in [0.2, 0.25) is 0 Å². The fourth-order valence-corrected chi connectivity index (χ4v) is 3.10. The molecule has 1 atom stereocenters. The Hall–Kier alpha value is -0.880.